The molecule has 0 saturated heterocycles. The molecule has 0 radical (unpaired) electrons. The van der Waals surface area contributed by atoms with Crippen LogP contribution in [0.5, 0.6) is 0 Å². The maximum atomic E-state index is 5.88. The number of aromatic nitrogens is 4. The molecule has 4 aromatic rings. The molecule has 5 rings (SSSR count). The predicted octanol–water partition coefficient (Wildman–Crippen LogP) is 4.01. The van der Waals surface area contributed by atoms with Crippen LogP contribution >= 0.6 is 15.9 Å². The average molecular weight is 437 g/mol. The summed E-state index contributed by atoms with van der Waals surface area (Å²) in [6.07, 6.45) is 3.95. The zero-order valence-corrected chi connectivity index (χ0v) is 17.1. The van der Waals surface area contributed by atoms with E-state index in [0.717, 1.165) is 40.0 Å². The van der Waals surface area contributed by atoms with Crippen molar-refractivity contribution in [3.8, 4) is 11.4 Å². The SMILES string of the molecule is Cn1c(-c2cccnc2N)nc2ccc(Br)nc21.NC1CCc2ccccc21. The molecule has 3 aromatic heterocycles. The maximum absolute atomic E-state index is 5.88. The van der Waals surface area contributed by atoms with Crippen LogP contribution in [-0.4, -0.2) is 19.5 Å². The zero-order chi connectivity index (χ0) is 19.7. The van der Waals surface area contributed by atoms with E-state index in [4.69, 9.17) is 11.5 Å². The summed E-state index contributed by atoms with van der Waals surface area (Å²) < 4.78 is 2.69. The number of pyridine rings is 2. The van der Waals surface area contributed by atoms with Gasteiger partial charge in [0.15, 0.2) is 5.65 Å². The van der Waals surface area contributed by atoms with Gasteiger partial charge < -0.3 is 16.0 Å². The average Bonchev–Trinajstić information content (AvgIpc) is 3.24. The fraction of sp³-hybridized carbons (Fsp3) is 0.190. The van der Waals surface area contributed by atoms with Gasteiger partial charge in [0, 0.05) is 19.3 Å². The molecule has 7 heteroatoms. The van der Waals surface area contributed by atoms with E-state index in [-0.39, 0.29) is 0 Å². The van der Waals surface area contributed by atoms with Gasteiger partial charge in [-0.15, -0.1) is 0 Å². The quantitative estimate of drug-likeness (QED) is 0.439. The first-order chi connectivity index (χ1) is 13.5. The molecule has 1 aliphatic rings. The van der Waals surface area contributed by atoms with Crippen molar-refractivity contribution in [2.45, 2.75) is 18.9 Å². The highest BCUT2D eigenvalue weighted by molar-refractivity contribution is 9.10. The molecule has 4 N–H and O–H groups in total. The van der Waals surface area contributed by atoms with Crippen molar-refractivity contribution in [2.24, 2.45) is 12.8 Å². The Bertz CT molecular complexity index is 1140. The number of aryl methyl sites for hydroxylation is 2. The van der Waals surface area contributed by atoms with Gasteiger partial charge in [-0.25, -0.2) is 15.0 Å². The molecule has 0 amide bonds. The highest BCUT2D eigenvalue weighted by Gasteiger charge is 2.17. The van der Waals surface area contributed by atoms with E-state index in [1.807, 2.05) is 35.9 Å². The molecular weight excluding hydrogens is 416 g/mol. The molecule has 0 spiro atoms. The van der Waals surface area contributed by atoms with E-state index in [1.54, 1.807) is 6.20 Å². The number of hydrogen-bond acceptors (Lipinski definition) is 5. The van der Waals surface area contributed by atoms with Gasteiger partial charge in [0.1, 0.15) is 21.8 Å². The lowest BCUT2D eigenvalue weighted by Gasteiger charge is -2.03. The van der Waals surface area contributed by atoms with Gasteiger partial charge in [-0.2, -0.15) is 0 Å². The van der Waals surface area contributed by atoms with E-state index in [0.29, 0.717) is 11.9 Å². The fourth-order valence-corrected chi connectivity index (χ4v) is 3.78. The van der Waals surface area contributed by atoms with Crippen LogP contribution in [0, 0.1) is 0 Å². The molecular formula is C21H21BrN6. The van der Waals surface area contributed by atoms with Gasteiger partial charge in [0.2, 0.25) is 0 Å². The number of imidazole rings is 1. The number of nitrogens with two attached hydrogens (primary N) is 2. The number of anilines is 1. The lowest BCUT2D eigenvalue weighted by molar-refractivity contribution is 0.713. The van der Waals surface area contributed by atoms with E-state index < -0.39 is 0 Å². The second-order valence-electron chi connectivity index (χ2n) is 6.75. The lowest BCUT2D eigenvalue weighted by Crippen LogP contribution is -2.04. The Hall–Kier alpha value is -2.77. The molecule has 0 fully saturated rings. The highest BCUT2D eigenvalue weighted by atomic mass is 79.9. The normalized spacial score (nSPS) is 15.2. The summed E-state index contributed by atoms with van der Waals surface area (Å²) in [7, 11) is 1.91. The molecule has 6 nitrogen and oxygen atoms in total. The van der Waals surface area contributed by atoms with Crippen LogP contribution in [0.15, 0.2) is 59.3 Å². The van der Waals surface area contributed by atoms with Crippen LogP contribution in [-0.2, 0) is 13.5 Å². The number of nitrogens with zero attached hydrogens (tertiary/aromatic N) is 4. The van der Waals surface area contributed by atoms with Crippen LogP contribution in [0.1, 0.15) is 23.6 Å². The number of rotatable bonds is 1. The standard InChI is InChI=1S/C12H10BrN5.C9H11N/c1-18-11(7-3-2-6-15-10(7)14)16-8-4-5-9(13)17-12(8)18;10-9-6-5-7-3-1-2-4-8(7)9/h2-6H,1H3,(H2,14,15);1-4,9H,5-6,10H2. The Morgan fingerprint density at radius 2 is 1.89 bits per heavy atom. The minimum Gasteiger partial charge on any atom is -0.383 e. The first kappa shape index (κ1) is 18.6. The van der Waals surface area contributed by atoms with E-state index in [1.165, 1.54) is 11.1 Å². The number of benzene rings is 1. The second kappa shape index (κ2) is 7.69. The summed E-state index contributed by atoms with van der Waals surface area (Å²) in [4.78, 5) is 13.0. The lowest BCUT2D eigenvalue weighted by atomic mass is 10.1. The molecule has 1 unspecified atom stereocenters. The first-order valence-corrected chi connectivity index (χ1v) is 9.87. The van der Waals surface area contributed by atoms with E-state index in [9.17, 15) is 0 Å². The van der Waals surface area contributed by atoms with Crippen molar-refractivity contribution in [1.82, 2.24) is 19.5 Å². The maximum Gasteiger partial charge on any atom is 0.161 e. The van der Waals surface area contributed by atoms with Crippen LogP contribution in [0.4, 0.5) is 5.82 Å². The van der Waals surface area contributed by atoms with Crippen LogP contribution in [0.25, 0.3) is 22.6 Å². The predicted molar refractivity (Wildman–Crippen MR) is 116 cm³/mol. The van der Waals surface area contributed by atoms with Crippen molar-refractivity contribution in [1.29, 1.82) is 0 Å². The molecule has 0 saturated carbocycles. The number of halogens is 1. The van der Waals surface area contributed by atoms with Gasteiger partial charge >= 0.3 is 0 Å². The molecule has 28 heavy (non-hydrogen) atoms. The summed E-state index contributed by atoms with van der Waals surface area (Å²) in [6.45, 7) is 0. The summed E-state index contributed by atoms with van der Waals surface area (Å²) in [5, 5.41) is 0. The van der Waals surface area contributed by atoms with Crippen molar-refractivity contribution in [2.75, 3.05) is 5.73 Å². The van der Waals surface area contributed by atoms with Gasteiger partial charge in [0.25, 0.3) is 0 Å². The third kappa shape index (κ3) is 3.50. The molecule has 1 atom stereocenters. The minimum atomic E-state index is 0.302. The Labute approximate surface area is 171 Å². The van der Waals surface area contributed by atoms with Crippen molar-refractivity contribution < 1.29 is 0 Å². The Kier molecular flexibility index (Phi) is 5.11. The topological polar surface area (TPSA) is 95.6 Å². The smallest absolute Gasteiger partial charge is 0.161 e. The minimum absolute atomic E-state index is 0.302. The number of hydrogen-bond donors (Lipinski definition) is 2. The summed E-state index contributed by atoms with van der Waals surface area (Å²) in [5.74, 6) is 1.23. The van der Waals surface area contributed by atoms with Gasteiger partial charge in [-0.1, -0.05) is 24.3 Å². The number of nitrogen functional groups attached to an aromatic ring is 1. The van der Waals surface area contributed by atoms with Crippen LogP contribution < -0.4 is 11.5 Å². The van der Waals surface area contributed by atoms with Crippen LogP contribution in [0.2, 0.25) is 0 Å². The molecule has 0 bridgehead atoms. The second-order valence-corrected chi connectivity index (χ2v) is 7.56. The first-order valence-electron chi connectivity index (χ1n) is 9.08. The van der Waals surface area contributed by atoms with Crippen molar-refractivity contribution >= 4 is 32.9 Å². The van der Waals surface area contributed by atoms with Crippen molar-refractivity contribution in [3.05, 3.63) is 70.5 Å². The number of fused-ring (bicyclic) bond motifs is 2. The fourth-order valence-electron chi connectivity index (χ4n) is 3.48. The van der Waals surface area contributed by atoms with Crippen LogP contribution in [0.3, 0.4) is 0 Å². The van der Waals surface area contributed by atoms with Gasteiger partial charge in [0.05, 0.1) is 5.56 Å². The zero-order valence-electron chi connectivity index (χ0n) is 15.5. The van der Waals surface area contributed by atoms with Crippen molar-refractivity contribution in [3.63, 3.8) is 0 Å². The largest absolute Gasteiger partial charge is 0.383 e. The molecule has 1 aromatic carbocycles. The molecule has 142 valence electrons. The molecule has 1 aliphatic carbocycles. The Morgan fingerprint density at radius 1 is 1.07 bits per heavy atom. The van der Waals surface area contributed by atoms with E-state index >= 15 is 0 Å². The van der Waals surface area contributed by atoms with Gasteiger partial charge in [-0.3, -0.25) is 0 Å². The van der Waals surface area contributed by atoms with E-state index in [2.05, 4.69) is 55.1 Å². The summed E-state index contributed by atoms with van der Waals surface area (Å²) >= 11 is 3.36. The van der Waals surface area contributed by atoms with Gasteiger partial charge in [-0.05, 0) is 64.2 Å². The summed E-state index contributed by atoms with van der Waals surface area (Å²) in [6, 6.07) is 16.3. The highest BCUT2D eigenvalue weighted by Crippen LogP contribution is 2.28. The molecule has 3 heterocycles. The summed E-state index contributed by atoms with van der Waals surface area (Å²) in [5.41, 5.74) is 17.0. The monoisotopic (exact) mass is 436 g/mol. The Morgan fingerprint density at radius 3 is 2.68 bits per heavy atom. The molecule has 0 aliphatic heterocycles. The third-order valence-corrected chi connectivity index (χ3v) is 5.38. The Balaban J connectivity index is 0.000000162. The third-order valence-electron chi connectivity index (χ3n) is 4.94.